The Labute approximate surface area is 241 Å². The van der Waals surface area contributed by atoms with Crippen molar-refractivity contribution in [2.45, 2.75) is 6.92 Å². The van der Waals surface area contributed by atoms with Crippen LogP contribution in [0.2, 0.25) is 0 Å². The van der Waals surface area contributed by atoms with Crippen molar-refractivity contribution in [2.24, 2.45) is 0 Å². The van der Waals surface area contributed by atoms with E-state index in [1.807, 2.05) is 36.4 Å². The van der Waals surface area contributed by atoms with Gasteiger partial charge in [-0.2, -0.15) is 0 Å². The third-order valence-electron chi connectivity index (χ3n) is 8.22. The molecule has 0 aliphatic carbocycles. The zero-order chi connectivity index (χ0) is 28.2. The summed E-state index contributed by atoms with van der Waals surface area (Å²) in [6.45, 7) is 1.60. The van der Waals surface area contributed by atoms with Crippen molar-refractivity contribution in [1.82, 2.24) is 0 Å². The van der Waals surface area contributed by atoms with E-state index in [0.29, 0.717) is 5.56 Å². The lowest BCUT2D eigenvalue weighted by molar-refractivity contribution is 0.449. The van der Waals surface area contributed by atoms with Crippen LogP contribution in [-0.2, 0) is 0 Å². The Kier molecular flexibility index (Phi) is 5.87. The number of fused-ring (bicyclic) bond motifs is 3. The third-order valence-corrected chi connectivity index (χ3v) is 8.22. The van der Waals surface area contributed by atoms with Crippen molar-refractivity contribution in [3.8, 4) is 44.9 Å². The van der Waals surface area contributed by atoms with Gasteiger partial charge in [-0.15, -0.1) is 0 Å². The number of hydrogen-bond donors (Lipinski definition) is 2. The quantitative estimate of drug-likeness (QED) is 0.187. The minimum Gasteiger partial charge on any atom is -0.508 e. The lowest BCUT2D eigenvalue weighted by Gasteiger charge is -2.22. The SMILES string of the molecule is [B]c1c(O)c(C)c(O)c([B])c1-c1c2ccccc2c(-c2ccc(-c3cccc4ccccc34)cc2)c2ccccc12. The van der Waals surface area contributed by atoms with E-state index >= 15 is 0 Å². The highest BCUT2D eigenvalue weighted by atomic mass is 16.3. The standard InChI is InChI=1S/C37H24B2O2/c1-21-36(40)34(38)33(35(39)37(21)41)32-29-14-6-4-12-27(29)31(28-13-5-7-15-30(28)32)24-19-17-23(18-20-24)26-16-8-10-22-9-2-3-11-25(22)26/h2-20,40-41H,1H3. The maximum absolute atomic E-state index is 10.8. The van der Waals surface area contributed by atoms with Gasteiger partial charge in [0.2, 0.25) is 0 Å². The van der Waals surface area contributed by atoms with E-state index in [9.17, 15) is 10.2 Å². The lowest BCUT2D eigenvalue weighted by Crippen LogP contribution is -2.22. The molecule has 2 N–H and O–H groups in total. The molecule has 7 aromatic rings. The van der Waals surface area contributed by atoms with Crippen LogP contribution >= 0.6 is 0 Å². The number of phenols is 2. The second kappa shape index (κ2) is 9.60. The summed E-state index contributed by atoms with van der Waals surface area (Å²) >= 11 is 0. The van der Waals surface area contributed by atoms with Crippen LogP contribution in [0.1, 0.15) is 5.56 Å². The van der Waals surface area contributed by atoms with Crippen molar-refractivity contribution in [1.29, 1.82) is 0 Å². The molecule has 4 radical (unpaired) electrons. The Bertz CT molecular complexity index is 2060. The van der Waals surface area contributed by atoms with Gasteiger partial charge < -0.3 is 10.2 Å². The van der Waals surface area contributed by atoms with E-state index in [2.05, 4.69) is 78.9 Å². The summed E-state index contributed by atoms with van der Waals surface area (Å²) in [6, 6.07) is 39.8. The third kappa shape index (κ3) is 3.82. The van der Waals surface area contributed by atoms with Crippen molar-refractivity contribution >= 4 is 58.9 Å². The van der Waals surface area contributed by atoms with Gasteiger partial charge in [0.05, 0.1) is 0 Å². The molecule has 190 valence electrons. The predicted octanol–water partition coefficient (Wildman–Crippen LogP) is 7.45. The molecule has 0 saturated heterocycles. The van der Waals surface area contributed by atoms with Crippen molar-refractivity contribution in [3.63, 3.8) is 0 Å². The molecular weight excluding hydrogens is 498 g/mol. The second-order valence-electron chi connectivity index (χ2n) is 10.5. The topological polar surface area (TPSA) is 40.5 Å². The number of phenolic OH excluding ortho intramolecular Hbond substituents is 2. The molecule has 0 aliphatic rings. The molecule has 0 bridgehead atoms. The summed E-state index contributed by atoms with van der Waals surface area (Å²) in [4.78, 5) is 0. The van der Waals surface area contributed by atoms with Gasteiger partial charge in [-0.05, 0) is 83.5 Å². The van der Waals surface area contributed by atoms with E-state index in [1.54, 1.807) is 6.92 Å². The molecule has 0 aromatic heterocycles. The molecular formula is C37H24B2O2. The van der Waals surface area contributed by atoms with Gasteiger partial charge in [-0.25, -0.2) is 0 Å². The smallest absolute Gasteiger partial charge is 0.119 e. The number of benzene rings is 7. The monoisotopic (exact) mass is 522 g/mol. The average Bonchev–Trinajstić information content (AvgIpc) is 3.02. The largest absolute Gasteiger partial charge is 0.508 e. The van der Waals surface area contributed by atoms with Gasteiger partial charge in [-0.3, -0.25) is 0 Å². The first kappa shape index (κ1) is 25.0. The highest BCUT2D eigenvalue weighted by Crippen LogP contribution is 2.44. The maximum atomic E-state index is 10.8. The number of hydrogen-bond acceptors (Lipinski definition) is 2. The Morgan fingerprint density at radius 3 is 1.44 bits per heavy atom. The van der Waals surface area contributed by atoms with Crippen molar-refractivity contribution in [2.75, 3.05) is 0 Å². The molecule has 0 saturated carbocycles. The minimum atomic E-state index is -0.159. The summed E-state index contributed by atoms with van der Waals surface area (Å²) in [5, 5.41) is 27.9. The zero-order valence-corrected chi connectivity index (χ0v) is 22.5. The Hall–Kier alpha value is -4.95. The molecule has 7 rings (SSSR count). The molecule has 0 atom stereocenters. The molecule has 0 spiro atoms. The molecule has 0 amide bonds. The number of aromatic hydroxyl groups is 2. The van der Waals surface area contributed by atoms with Gasteiger partial charge in [0.25, 0.3) is 0 Å². The fraction of sp³-hybridized carbons (Fsp3) is 0.0270. The first-order chi connectivity index (χ1) is 20.0. The lowest BCUT2D eigenvalue weighted by atomic mass is 9.73. The summed E-state index contributed by atoms with van der Waals surface area (Å²) < 4.78 is 0. The Morgan fingerprint density at radius 1 is 0.439 bits per heavy atom. The molecule has 41 heavy (non-hydrogen) atoms. The minimum absolute atomic E-state index is 0.153. The Morgan fingerprint density at radius 2 is 0.878 bits per heavy atom. The molecule has 4 heteroatoms. The molecule has 7 aromatic carbocycles. The van der Waals surface area contributed by atoms with Crippen LogP contribution in [0.4, 0.5) is 0 Å². The van der Waals surface area contributed by atoms with E-state index in [1.165, 1.54) is 16.3 Å². The predicted molar refractivity (Wildman–Crippen MR) is 174 cm³/mol. The molecule has 0 unspecified atom stereocenters. The molecule has 2 nitrogen and oxygen atoms in total. The van der Waals surface area contributed by atoms with Gasteiger partial charge >= 0.3 is 0 Å². The summed E-state index contributed by atoms with van der Waals surface area (Å²) in [7, 11) is 13.0. The molecule has 0 fully saturated rings. The van der Waals surface area contributed by atoms with Crippen molar-refractivity contribution < 1.29 is 10.2 Å². The normalized spacial score (nSPS) is 11.4. The van der Waals surface area contributed by atoms with Crippen LogP contribution in [0.25, 0.3) is 65.7 Å². The van der Waals surface area contributed by atoms with Gasteiger partial charge in [0, 0.05) is 5.56 Å². The zero-order valence-electron chi connectivity index (χ0n) is 22.5. The van der Waals surface area contributed by atoms with Gasteiger partial charge in [0.15, 0.2) is 0 Å². The van der Waals surface area contributed by atoms with E-state index < -0.39 is 0 Å². The first-order valence-corrected chi connectivity index (χ1v) is 13.6. The van der Waals surface area contributed by atoms with Crippen LogP contribution in [0, 0.1) is 6.92 Å². The first-order valence-electron chi connectivity index (χ1n) is 13.6. The summed E-state index contributed by atoms with van der Waals surface area (Å²) in [5.41, 5.74) is 6.34. The van der Waals surface area contributed by atoms with Crippen molar-refractivity contribution in [3.05, 3.63) is 121 Å². The average molecular weight is 522 g/mol. The highest BCUT2D eigenvalue weighted by Gasteiger charge is 2.22. The van der Waals surface area contributed by atoms with Crippen LogP contribution in [-0.4, -0.2) is 25.9 Å². The van der Waals surface area contributed by atoms with Crippen LogP contribution in [0.3, 0.4) is 0 Å². The van der Waals surface area contributed by atoms with E-state index in [4.69, 9.17) is 15.7 Å². The van der Waals surface area contributed by atoms with Crippen LogP contribution < -0.4 is 10.9 Å². The summed E-state index contributed by atoms with van der Waals surface area (Å²) in [5.74, 6) is -0.319. The Balaban J connectivity index is 1.51. The van der Waals surface area contributed by atoms with Gasteiger partial charge in [-0.1, -0.05) is 115 Å². The van der Waals surface area contributed by atoms with E-state index in [0.717, 1.165) is 43.8 Å². The van der Waals surface area contributed by atoms with Gasteiger partial charge in [0.1, 0.15) is 27.2 Å². The summed E-state index contributed by atoms with van der Waals surface area (Å²) in [6.07, 6.45) is 0. The van der Waals surface area contributed by atoms with Crippen LogP contribution in [0.15, 0.2) is 115 Å². The number of rotatable bonds is 3. The fourth-order valence-electron chi connectivity index (χ4n) is 6.17. The highest BCUT2D eigenvalue weighted by molar-refractivity contribution is 6.48. The molecule has 0 aliphatic heterocycles. The molecule has 0 heterocycles. The second-order valence-corrected chi connectivity index (χ2v) is 10.5. The maximum Gasteiger partial charge on any atom is 0.119 e. The van der Waals surface area contributed by atoms with Crippen LogP contribution in [0.5, 0.6) is 11.5 Å². The van der Waals surface area contributed by atoms with E-state index in [-0.39, 0.29) is 28.0 Å². The fourth-order valence-corrected chi connectivity index (χ4v) is 6.17.